The number of nitrogens with zero attached hydrogens (tertiary/aromatic N) is 1. The number of nitrogens with one attached hydrogen (secondary N) is 3. The molecule has 0 spiro atoms. The van der Waals surface area contributed by atoms with Crippen molar-refractivity contribution in [2.24, 2.45) is 5.92 Å². The number of carbonyl (C=O) groups is 3. The fourth-order valence-electron chi connectivity index (χ4n) is 6.43. The zero-order valence-corrected chi connectivity index (χ0v) is 25.8. The maximum atomic E-state index is 14.0. The van der Waals surface area contributed by atoms with E-state index in [0.29, 0.717) is 32.5 Å². The number of para-hydroxylation sites is 1. The second-order valence-corrected chi connectivity index (χ2v) is 12.0. The topological polar surface area (TPSA) is 120 Å². The van der Waals surface area contributed by atoms with Crippen LogP contribution in [0.4, 0.5) is 0 Å². The van der Waals surface area contributed by atoms with Crippen molar-refractivity contribution < 1.29 is 24.2 Å². The van der Waals surface area contributed by atoms with Gasteiger partial charge in [0.15, 0.2) is 0 Å². The number of hydrogen-bond acceptors (Lipinski definition) is 6. The Balaban J connectivity index is 1.65. The van der Waals surface area contributed by atoms with Gasteiger partial charge in [-0.05, 0) is 55.7 Å². The third-order valence-electron chi connectivity index (χ3n) is 8.90. The Labute approximate surface area is 255 Å². The molecule has 43 heavy (non-hydrogen) atoms. The Kier molecular flexibility index (Phi) is 12.0. The minimum atomic E-state index is -1.17. The summed E-state index contributed by atoms with van der Waals surface area (Å²) in [6.45, 7) is 4.67. The monoisotopic (exact) mass is 592 g/mol. The van der Waals surface area contributed by atoms with Gasteiger partial charge in [-0.2, -0.15) is 0 Å². The molecular formula is C34H48N4O5. The van der Waals surface area contributed by atoms with Crippen LogP contribution in [0.1, 0.15) is 69.4 Å². The molecule has 5 atom stereocenters. The van der Waals surface area contributed by atoms with E-state index in [4.69, 9.17) is 4.74 Å². The van der Waals surface area contributed by atoms with Crippen LogP contribution in [0.2, 0.25) is 0 Å². The van der Waals surface area contributed by atoms with Crippen molar-refractivity contribution in [3.8, 4) is 5.75 Å². The standard InChI is InChI=1S/C34H48N4O5/c1-23(25-13-6-4-7-14-25)29-32(40)36-20-12-18-26-15-10-11-19-28(26)43-22-21-35-30(27-16-8-5-9-17-27)34(42)38(3)31(24(2)39)33(41)37-29/h4,6-7,10-11,13-15,19,23-24,27,29-31,35,39H,5,8-9,12,16-18,20-22H2,1-3H3,(H,36,40)(H,37,41)/t23?,24?,29-,30+,31+/m1/s1. The summed E-state index contributed by atoms with van der Waals surface area (Å²) < 4.78 is 6.15. The summed E-state index contributed by atoms with van der Waals surface area (Å²) in [4.78, 5) is 42.8. The van der Waals surface area contributed by atoms with Crippen LogP contribution in [0.5, 0.6) is 5.75 Å². The molecule has 9 heteroatoms. The number of ether oxygens (including phenoxy) is 1. The third kappa shape index (κ3) is 8.57. The largest absolute Gasteiger partial charge is 0.492 e. The summed E-state index contributed by atoms with van der Waals surface area (Å²) in [7, 11) is 1.57. The van der Waals surface area contributed by atoms with Crippen LogP contribution in [-0.4, -0.2) is 78.7 Å². The average Bonchev–Trinajstić information content (AvgIpc) is 3.02. The summed E-state index contributed by atoms with van der Waals surface area (Å²) >= 11 is 0. The molecule has 3 amide bonds. The Hall–Kier alpha value is -3.43. The highest BCUT2D eigenvalue weighted by atomic mass is 16.5. The van der Waals surface area contributed by atoms with E-state index in [0.717, 1.165) is 49.0 Å². The molecule has 1 fully saturated rings. The van der Waals surface area contributed by atoms with Gasteiger partial charge in [-0.3, -0.25) is 14.4 Å². The normalized spacial score (nSPS) is 25.3. The highest BCUT2D eigenvalue weighted by Crippen LogP contribution is 2.28. The van der Waals surface area contributed by atoms with E-state index in [1.165, 1.54) is 11.8 Å². The van der Waals surface area contributed by atoms with Crippen LogP contribution >= 0.6 is 0 Å². The van der Waals surface area contributed by atoms with E-state index < -0.39 is 30.1 Å². The lowest BCUT2D eigenvalue weighted by Crippen LogP contribution is -2.61. The minimum absolute atomic E-state index is 0.121. The van der Waals surface area contributed by atoms with Gasteiger partial charge in [-0.15, -0.1) is 0 Å². The maximum absolute atomic E-state index is 14.0. The summed E-state index contributed by atoms with van der Waals surface area (Å²) in [6, 6.07) is 14.9. The van der Waals surface area contributed by atoms with Gasteiger partial charge in [0.1, 0.15) is 24.4 Å². The highest BCUT2D eigenvalue weighted by Gasteiger charge is 2.39. The van der Waals surface area contributed by atoms with Crippen LogP contribution in [0, 0.1) is 5.92 Å². The lowest BCUT2D eigenvalue weighted by Gasteiger charge is -2.37. The van der Waals surface area contributed by atoms with Crippen molar-refractivity contribution in [3.05, 3.63) is 65.7 Å². The van der Waals surface area contributed by atoms with E-state index >= 15 is 0 Å². The number of fused-ring (bicyclic) bond motifs is 1. The maximum Gasteiger partial charge on any atom is 0.246 e. The number of carbonyl (C=O) groups excluding carboxylic acids is 3. The number of likely N-dealkylation sites (N-methyl/N-ethyl adjacent to an activating group) is 1. The van der Waals surface area contributed by atoms with Crippen LogP contribution < -0.4 is 20.7 Å². The van der Waals surface area contributed by atoms with Gasteiger partial charge in [-0.25, -0.2) is 0 Å². The van der Waals surface area contributed by atoms with Gasteiger partial charge >= 0.3 is 0 Å². The van der Waals surface area contributed by atoms with Gasteiger partial charge in [0.25, 0.3) is 0 Å². The molecule has 1 aliphatic carbocycles. The molecule has 0 aromatic heterocycles. The average molecular weight is 593 g/mol. The second kappa shape index (κ2) is 15.9. The second-order valence-electron chi connectivity index (χ2n) is 12.0. The van der Waals surface area contributed by atoms with Crippen LogP contribution in [-0.2, 0) is 20.8 Å². The zero-order chi connectivity index (χ0) is 30.8. The van der Waals surface area contributed by atoms with E-state index in [2.05, 4.69) is 16.0 Å². The molecule has 2 aromatic rings. The first-order chi connectivity index (χ1) is 20.8. The van der Waals surface area contributed by atoms with E-state index in [1.54, 1.807) is 7.05 Å². The minimum Gasteiger partial charge on any atom is -0.492 e. The van der Waals surface area contributed by atoms with Crippen molar-refractivity contribution in [1.29, 1.82) is 0 Å². The number of hydrogen-bond donors (Lipinski definition) is 4. The predicted molar refractivity (Wildman–Crippen MR) is 167 cm³/mol. The molecule has 9 nitrogen and oxygen atoms in total. The molecule has 2 unspecified atom stereocenters. The van der Waals surface area contributed by atoms with Crippen molar-refractivity contribution in [2.75, 3.05) is 26.7 Å². The number of benzene rings is 2. The van der Waals surface area contributed by atoms with Crippen molar-refractivity contribution in [2.45, 2.75) is 88.9 Å². The first-order valence-electron chi connectivity index (χ1n) is 15.8. The van der Waals surface area contributed by atoms with Crippen LogP contribution in [0.15, 0.2) is 54.6 Å². The van der Waals surface area contributed by atoms with E-state index in [1.807, 2.05) is 61.5 Å². The molecular weight excluding hydrogens is 544 g/mol. The molecule has 1 heterocycles. The SMILES string of the molecule is CC(O)[C@H]1C(=O)N[C@H](C(C)c2ccccc2)C(=O)NCCCc2ccccc2OCCN[C@@H](C2CCCCC2)C(=O)N1C. The Morgan fingerprint density at radius 2 is 1.58 bits per heavy atom. The fraction of sp³-hybridized carbons (Fsp3) is 0.559. The van der Waals surface area contributed by atoms with Gasteiger partial charge in [0.2, 0.25) is 17.7 Å². The number of rotatable bonds is 4. The third-order valence-corrected chi connectivity index (χ3v) is 8.90. The summed E-state index contributed by atoms with van der Waals surface area (Å²) in [5.41, 5.74) is 1.95. The van der Waals surface area contributed by atoms with Gasteiger partial charge in [0, 0.05) is 26.1 Å². The first-order valence-corrected chi connectivity index (χ1v) is 15.8. The summed E-state index contributed by atoms with van der Waals surface area (Å²) in [6.07, 6.45) is 5.36. The van der Waals surface area contributed by atoms with Gasteiger partial charge in [0.05, 0.1) is 12.1 Å². The number of amides is 3. The molecule has 2 aliphatic rings. The Morgan fingerprint density at radius 1 is 0.884 bits per heavy atom. The van der Waals surface area contributed by atoms with Crippen molar-refractivity contribution in [3.63, 3.8) is 0 Å². The predicted octanol–water partition coefficient (Wildman–Crippen LogP) is 3.16. The molecule has 0 radical (unpaired) electrons. The lowest BCUT2D eigenvalue weighted by molar-refractivity contribution is -0.146. The smallest absolute Gasteiger partial charge is 0.246 e. The molecule has 0 saturated heterocycles. The molecule has 1 saturated carbocycles. The van der Waals surface area contributed by atoms with E-state index in [-0.39, 0.29) is 23.7 Å². The molecule has 4 rings (SSSR count). The quantitative estimate of drug-likeness (QED) is 0.433. The van der Waals surface area contributed by atoms with Crippen molar-refractivity contribution in [1.82, 2.24) is 20.9 Å². The van der Waals surface area contributed by atoms with Crippen LogP contribution in [0.3, 0.4) is 0 Å². The van der Waals surface area contributed by atoms with Crippen molar-refractivity contribution >= 4 is 17.7 Å². The Morgan fingerprint density at radius 3 is 2.30 bits per heavy atom. The highest BCUT2D eigenvalue weighted by molar-refractivity contribution is 5.94. The number of aliphatic hydroxyl groups excluding tert-OH is 1. The first kappa shape index (κ1) is 32.5. The summed E-state index contributed by atoms with van der Waals surface area (Å²) in [5, 5.41) is 20.2. The summed E-state index contributed by atoms with van der Waals surface area (Å²) in [5.74, 6) is -0.545. The molecule has 4 N–H and O–H groups in total. The van der Waals surface area contributed by atoms with Gasteiger partial charge in [-0.1, -0.05) is 74.7 Å². The Bertz CT molecular complexity index is 1200. The number of aryl methyl sites for hydroxylation is 1. The lowest BCUT2D eigenvalue weighted by atomic mass is 9.83. The molecule has 0 bridgehead atoms. The fourth-order valence-corrected chi connectivity index (χ4v) is 6.43. The number of aliphatic hydroxyl groups is 1. The molecule has 2 aromatic carbocycles. The zero-order valence-electron chi connectivity index (χ0n) is 25.8. The van der Waals surface area contributed by atoms with Gasteiger partial charge < -0.3 is 30.7 Å². The van der Waals surface area contributed by atoms with Crippen LogP contribution in [0.25, 0.3) is 0 Å². The van der Waals surface area contributed by atoms with E-state index in [9.17, 15) is 19.5 Å². The molecule has 234 valence electrons. The molecule has 1 aliphatic heterocycles.